The molecule has 0 saturated heterocycles. The zero-order chi connectivity index (χ0) is 17.1. The molecule has 0 amide bonds. The van der Waals surface area contributed by atoms with Gasteiger partial charge in [-0.25, -0.2) is 0 Å². The van der Waals surface area contributed by atoms with Gasteiger partial charge in [0, 0.05) is 21.7 Å². The summed E-state index contributed by atoms with van der Waals surface area (Å²) in [5, 5.41) is 8.25. The third-order valence-corrected chi connectivity index (χ3v) is 4.13. The Bertz CT molecular complexity index is 1130. The highest BCUT2D eigenvalue weighted by Crippen LogP contribution is 2.27. The molecule has 0 aliphatic rings. The first-order valence-corrected chi connectivity index (χ1v) is 7.93. The van der Waals surface area contributed by atoms with Crippen LogP contribution in [0.25, 0.3) is 32.0 Å². The molecular weight excluding hydrogens is 306 g/mol. The maximum absolute atomic E-state index is 8.47. The van der Waals surface area contributed by atoms with Crippen LogP contribution in [0.3, 0.4) is 0 Å². The van der Waals surface area contributed by atoms with Gasteiger partial charge >= 0.3 is 0 Å². The van der Waals surface area contributed by atoms with Gasteiger partial charge in [0.25, 0.3) is 0 Å². The van der Waals surface area contributed by atoms with Crippen LogP contribution in [-0.2, 0) is 0 Å². The van der Waals surface area contributed by atoms with E-state index in [2.05, 4.69) is 52.2 Å². The zero-order valence-corrected chi connectivity index (χ0v) is 13.3. The van der Waals surface area contributed by atoms with Gasteiger partial charge < -0.3 is 0 Å². The molecule has 4 aromatic carbocycles. The molecule has 0 fully saturated rings. The molecule has 25 heavy (non-hydrogen) atoms. The monoisotopic (exact) mass is 319 g/mol. The predicted molar refractivity (Wildman–Crippen MR) is 103 cm³/mol. The maximum atomic E-state index is 8.47. The average molecular weight is 319 g/mol. The van der Waals surface area contributed by atoms with Crippen molar-refractivity contribution < 1.29 is 0 Å². The molecule has 0 radical (unpaired) electrons. The summed E-state index contributed by atoms with van der Waals surface area (Å²) in [7, 11) is 0. The SMILES string of the molecule is [N-]=[N+]=Nc1ccc(C#Cc2c3ccccc3cc3ccccc23)cc1. The smallest absolute Gasteiger partial charge is 0.0405 e. The van der Waals surface area contributed by atoms with E-state index in [0.717, 1.165) is 21.9 Å². The summed E-state index contributed by atoms with van der Waals surface area (Å²) in [4.78, 5) is 2.79. The Balaban J connectivity index is 1.89. The Morgan fingerprint density at radius 1 is 0.720 bits per heavy atom. The van der Waals surface area contributed by atoms with Crippen LogP contribution in [0.4, 0.5) is 5.69 Å². The van der Waals surface area contributed by atoms with Crippen LogP contribution in [0.1, 0.15) is 11.1 Å². The molecule has 0 aliphatic carbocycles. The van der Waals surface area contributed by atoms with Gasteiger partial charge in [-0.15, -0.1) is 0 Å². The second-order valence-electron chi connectivity index (χ2n) is 5.68. The molecule has 116 valence electrons. The van der Waals surface area contributed by atoms with Crippen molar-refractivity contribution in [3.05, 3.63) is 100 Å². The van der Waals surface area contributed by atoms with Crippen LogP contribution in [0, 0.1) is 11.8 Å². The van der Waals surface area contributed by atoms with Crippen molar-refractivity contribution in [3.63, 3.8) is 0 Å². The standard InChI is InChI=1S/C22H13N3/c23-25-24-19-12-9-16(10-13-19)11-14-22-20-7-3-1-5-17(20)15-18-6-2-4-8-21(18)22/h1-10,12-13,15H. The van der Waals surface area contributed by atoms with E-state index in [4.69, 9.17) is 5.53 Å². The summed E-state index contributed by atoms with van der Waals surface area (Å²) in [6.07, 6.45) is 0. The van der Waals surface area contributed by atoms with Crippen molar-refractivity contribution >= 4 is 27.2 Å². The molecule has 4 rings (SSSR count). The second kappa shape index (κ2) is 6.41. The van der Waals surface area contributed by atoms with Crippen LogP contribution < -0.4 is 0 Å². The highest BCUT2D eigenvalue weighted by Gasteiger charge is 2.04. The van der Waals surface area contributed by atoms with E-state index < -0.39 is 0 Å². The number of benzene rings is 4. The highest BCUT2D eigenvalue weighted by molar-refractivity contribution is 6.04. The van der Waals surface area contributed by atoms with Crippen molar-refractivity contribution in [1.82, 2.24) is 0 Å². The van der Waals surface area contributed by atoms with Crippen LogP contribution in [0.2, 0.25) is 0 Å². The van der Waals surface area contributed by atoms with E-state index in [1.807, 2.05) is 36.4 Å². The largest absolute Gasteiger partial charge is 0.0616 e. The van der Waals surface area contributed by atoms with Gasteiger partial charge in [0.15, 0.2) is 0 Å². The van der Waals surface area contributed by atoms with E-state index in [9.17, 15) is 0 Å². The lowest BCUT2D eigenvalue weighted by molar-refractivity contribution is 1.47. The van der Waals surface area contributed by atoms with Crippen LogP contribution >= 0.6 is 0 Å². The molecule has 0 heterocycles. The topological polar surface area (TPSA) is 48.8 Å². The maximum Gasteiger partial charge on any atom is 0.0405 e. The summed E-state index contributed by atoms with van der Waals surface area (Å²) in [6, 6.07) is 26.1. The van der Waals surface area contributed by atoms with E-state index >= 15 is 0 Å². The first-order valence-electron chi connectivity index (χ1n) is 7.93. The summed E-state index contributed by atoms with van der Waals surface area (Å²) < 4.78 is 0. The lowest BCUT2D eigenvalue weighted by Crippen LogP contribution is -1.84. The minimum Gasteiger partial charge on any atom is -0.0616 e. The van der Waals surface area contributed by atoms with Crippen LogP contribution in [0.5, 0.6) is 0 Å². The van der Waals surface area contributed by atoms with Crippen molar-refractivity contribution in [3.8, 4) is 11.8 Å². The first kappa shape index (κ1) is 14.8. The number of rotatable bonds is 1. The number of hydrogen-bond donors (Lipinski definition) is 0. The second-order valence-corrected chi connectivity index (χ2v) is 5.68. The molecule has 0 saturated carbocycles. The van der Waals surface area contributed by atoms with Gasteiger partial charge in [-0.05, 0) is 45.3 Å². The Morgan fingerprint density at radius 3 is 1.92 bits per heavy atom. The van der Waals surface area contributed by atoms with Crippen molar-refractivity contribution in [1.29, 1.82) is 0 Å². The van der Waals surface area contributed by atoms with Crippen molar-refractivity contribution in [2.75, 3.05) is 0 Å². The molecule has 0 spiro atoms. The Kier molecular flexibility index (Phi) is 3.80. The Hall–Kier alpha value is -3.73. The number of fused-ring (bicyclic) bond motifs is 2. The summed E-state index contributed by atoms with van der Waals surface area (Å²) in [6.45, 7) is 0. The predicted octanol–water partition coefficient (Wildman–Crippen LogP) is 6.33. The van der Waals surface area contributed by atoms with Crippen molar-refractivity contribution in [2.45, 2.75) is 0 Å². The average Bonchev–Trinajstić information content (AvgIpc) is 2.66. The minimum atomic E-state index is 0.587. The quantitative estimate of drug-likeness (QED) is 0.129. The molecule has 0 aromatic heterocycles. The molecule has 0 bridgehead atoms. The Labute approximate surface area is 145 Å². The lowest BCUT2D eigenvalue weighted by atomic mass is 9.97. The molecule has 3 nitrogen and oxygen atoms in total. The third kappa shape index (κ3) is 2.90. The third-order valence-electron chi connectivity index (χ3n) is 4.13. The van der Waals surface area contributed by atoms with E-state index in [0.29, 0.717) is 5.69 Å². The molecular formula is C22H13N3. The Morgan fingerprint density at radius 2 is 1.32 bits per heavy atom. The molecule has 0 aliphatic heterocycles. The highest BCUT2D eigenvalue weighted by atomic mass is 15.1. The van der Waals surface area contributed by atoms with Gasteiger partial charge in [-0.1, -0.05) is 77.6 Å². The fourth-order valence-corrected chi connectivity index (χ4v) is 2.95. The van der Waals surface area contributed by atoms with E-state index in [-0.39, 0.29) is 0 Å². The number of azide groups is 1. The molecule has 4 aromatic rings. The van der Waals surface area contributed by atoms with Crippen LogP contribution in [0.15, 0.2) is 84.0 Å². The molecule has 0 unspecified atom stereocenters. The summed E-state index contributed by atoms with van der Waals surface area (Å²) in [5.74, 6) is 6.57. The molecule has 3 heteroatoms. The number of nitrogens with zero attached hydrogens (tertiary/aromatic N) is 3. The van der Waals surface area contributed by atoms with Gasteiger partial charge in [-0.3, -0.25) is 0 Å². The van der Waals surface area contributed by atoms with Crippen LogP contribution in [-0.4, -0.2) is 0 Å². The fourth-order valence-electron chi connectivity index (χ4n) is 2.95. The minimum absolute atomic E-state index is 0.587. The lowest BCUT2D eigenvalue weighted by Gasteiger charge is -2.06. The normalized spacial score (nSPS) is 10.1. The fraction of sp³-hybridized carbons (Fsp3) is 0. The van der Waals surface area contributed by atoms with Gasteiger partial charge in [0.1, 0.15) is 0 Å². The van der Waals surface area contributed by atoms with E-state index in [1.54, 1.807) is 12.1 Å². The van der Waals surface area contributed by atoms with Crippen molar-refractivity contribution in [2.24, 2.45) is 5.11 Å². The van der Waals surface area contributed by atoms with Gasteiger partial charge in [0.2, 0.25) is 0 Å². The summed E-state index contributed by atoms with van der Waals surface area (Å²) in [5.41, 5.74) is 11.0. The number of hydrogen-bond acceptors (Lipinski definition) is 1. The molecule has 0 N–H and O–H groups in total. The van der Waals surface area contributed by atoms with Gasteiger partial charge in [0.05, 0.1) is 0 Å². The molecule has 0 atom stereocenters. The first-order chi connectivity index (χ1) is 12.3. The summed E-state index contributed by atoms with van der Waals surface area (Å²) >= 11 is 0. The van der Waals surface area contributed by atoms with Gasteiger partial charge in [-0.2, -0.15) is 0 Å². The zero-order valence-electron chi connectivity index (χ0n) is 13.3. The van der Waals surface area contributed by atoms with E-state index in [1.165, 1.54) is 10.8 Å².